The predicted octanol–water partition coefficient (Wildman–Crippen LogP) is 2.65. The van der Waals surface area contributed by atoms with Crippen molar-refractivity contribution in [2.75, 3.05) is 14.2 Å². The van der Waals surface area contributed by atoms with E-state index in [1.54, 1.807) is 27.7 Å². The van der Waals surface area contributed by atoms with Gasteiger partial charge in [0.15, 0.2) is 16.3 Å². The van der Waals surface area contributed by atoms with Crippen LogP contribution < -0.4 is 9.47 Å². The molecule has 1 aromatic carbocycles. The van der Waals surface area contributed by atoms with Crippen molar-refractivity contribution in [3.63, 3.8) is 0 Å². The van der Waals surface area contributed by atoms with Crippen LogP contribution >= 0.6 is 12.2 Å². The lowest BCUT2D eigenvalue weighted by Gasteiger charge is -2.18. The van der Waals surface area contributed by atoms with E-state index in [0.717, 1.165) is 5.56 Å². The van der Waals surface area contributed by atoms with E-state index in [4.69, 9.17) is 17.0 Å². The quantitative estimate of drug-likeness (QED) is 0.723. The summed E-state index contributed by atoms with van der Waals surface area (Å²) in [4.78, 5) is 1.99. The lowest BCUT2D eigenvalue weighted by molar-refractivity contribution is -0.0512. The third-order valence-electron chi connectivity index (χ3n) is 3.16. The van der Waals surface area contributed by atoms with Gasteiger partial charge in [0, 0.05) is 13.6 Å². The summed E-state index contributed by atoms with van der Waals surface area (Å²) in [6.45, 7) is -1.80. The molecule has 1 heterocycles. The summed E-state index contributed by atoms with van der Waals surface area (Å²) in [5.41, 5.74) is 0.897. The number of rotatable bonds is 7. The highest BCUT2D eigenvalue weighted by Crippen LogP contribution is 2.29. The molecule has 0 N–H and O–H groups in total. The molecule has 0 fully saturated rings. The molecule has 0 radical (unpaired) electrons. The summed E-state index contributed by atoms with van der Waals surface area (Å²) >= 11 is 5.24. The zero-order valence-corrected chi connectivity index (χ0v) is 13.9. The van der Waals surface area contributed by atoms with Gasteiger partial charge in [-0.1, -0.05) is 6.07 Å². The summed E-state index contributed by atoms with van der Waals surface area (Å²) < 4.78 is 38.2. The molecule has 0 atom stereocenters. The van der Waals surface area contributed by atoms with Gasteiger partial charge in [0.2, 0.25) is 0 Å². The van der Waals surface area contributed by atoms with E-state index in [2.05, 4.69) is 9.84 Å². The van der Waals surface area contributed by atoms with E-state index in [1.165, 1.54) is 13.2 Å². The zero-order valence-electron chi connectivity index (χ0n) is 13.1. The Hall–Kier alpha value is -2.00. The number of halogens is 2. The Morgan fingerprint density at radius 1 is 1.35 bits per heavy atom. The molecule has 6 nitrogen and oxygen atoms in total. The molecule has 0 aliphatic carbocycles. The monoisotopic (exact) mass is 344 g/mol. The molecule has 0 saturated heterocycles. The standard InChI is InChI=1S/C14H18F2N4O2S/c1-18(9-20-14(23)19(2)8-17-20)7-10-4-5-11(22-13(15)16)12(6-10)21-3/h4-6,8,13H,7,9H2,1-3H3. The van der Waals surface area contributed by atoms with Crippen LogP contribution in [0.4, 0.5) is 8.78 Å². The molecule has 23 heavy (non-hydrogen) atoms. The van der Waals surface area contributed by atoms with Crippen LogP contribution in [-0.2, 0) is 20.3 Å². The largest absolute Gasteiger partial charge is 0.493 e. The van der Waals surface area contributed by atoms with Gasteiger partial charge in [-0.3, -0.25) is 4.90 Å². The SMILES string of the molecule is COc1cc(CN(C)Cn2ncn(C)c2=S)ccc1OC(F)F. The molecule has 126 valence electrons. The van der Waals surface area contributed by atoms with Crippen LogP contribution in [-0.4, -0.2) is 40.0 Å². The van der Waals surface area contributed by atoms with Crippen LogP contribution in [0.2, 0.25) is 0 Å². The van der Waals surface area contributed by atoms with Crippen LogP contribution in [0.1, 0.15) is 5.56 Å². The minimum absolute atomic E-state index is 0.0147. The van der Waals surface area contributed by atoms with Crippen LogP contribution in [0, 0.1) is 4.77 Å². The molecular formula is C14H18F2N4O2S. The Bertz CT molecular complexity index is 717. The van der Waals surface area contributed by atoms with Crippen molar-refractivity contribution in [3.8, 4) is 11.5 Å². The first kappa shape index (κ1) is 17.4. The van der Waals surface area contributed by atoms with Gasteiger partial charge in [0.05, 0.1) is 13.8 Å². The summed E-state index contributed by atoms with van der Waals surface area (Å²) in [5.74, 6) is 0.284. The Morgan fingerprint density at radius 3 is 2.65 bits per heavy atom. The van der Waals surface area contributed by atoms with Gasteiger partial charge in [0.1, 0.15) is 6.33 Å². The highest BCUT2D eigenvalue weighted by Gasteiger charge is 2.12. The Kier molecular flexibility index (Phi) is 5.67. The number of hydrogen-bond donors (Lipinski definition) is 0. The average Bonchev–Trinajstić information content (AvgIpc) is 2.80. The van der Waals surface area contributed by atoms with Crippen molar-refractivity contribution in [1.82, 2.24) is 19.2 Å². The van der Waals surface area contributed by atoms with Gasteiger partial charge in [-0.25, -0.2) is 4.68 Å². The first-order valence-corrected chi connectivity index (χ1v) is 7.20. The Morgan fingerprint density at radius 2 is 2.09 bits per heavy atom. The molecule has 9 heteroatoms. The maximum atomic E-state index is 12.3. The summed E-state index contributed by atoms with van der Waals surface area (Å²) in [6, 6.07) is 4.86. The van der Waals surface area contributed by atoms with Crippen molar-refractivity contribution in [2.24, 2.45) is 7.05 Å². The molecule has 1 aromatic heterocycles. The van der Waals surface area contributed by atoms with E-state index in [-0.39, 0.29) is 11.5 Å². The Labute approximate surface area is 137 Å². The third-order valence-corrected chi connectivity index (χ3v) is 3.66. The minimum Gasteiger partial charge on any atom is -0.493 e. The van der Waals surface area contributed by atoms with Crippen molar-refractivity contribution < 1.29 is 18.3 Å². The van der Waals surface area contributed by atoms with Gasteiger partial charge in [0.25, 0.3) is 0 Å². The molecule has 2 aromatic rings. The second-order valence-electron chi connectivity index (χ2n) is 5.04. The van der Waals surface area contributed by atoms with Crippen LogP contribution in [0.5, 0.6) is 11.5 Å². The molecule has 0 spiro atoms. The van der Waals surface area contributed by atoms with Gasteiger partial charge in [-0.05, 0) is 37.0 Å². The number of nitrogens with zero attached hydrogens (tertiary/aromatic N) is 4. The van der Waals surface area contributed by atoms with Crippen LogP contribution in [0.15, 0.2) is 24.5 Å². The van der Waals surface area contributed by atoms with E-state index >= 15 is 0 Å². The van der Waals surface area contributed by atoms with Crippen molar-refractivity contribution in [3.05, 3.63) is 34.9 Å². The van der Waals surface area contributed by atoms with Gasteiger partial charge < -0.3 is 14.0 Å². The Balaban J connectivity index is 2.07. The zero-order chi connectivity index (χ0) is 17.0. The maximum Gasteiger partial charge on any atom is 0.387 e. The van der Waals surface area contributed by atoms with Crippen molar-refractivity contribution in [2.45, 2.75) is 19.8 Å². The molecule has 0 amide bonds. The molecule has 0 aliphatic heterocycles. The highest BCUT2D eigenvalue weighted by atomic mass is 32.1. The fourth-order valence-electron chi connectivity index (χ4n) is 2.11. The summed E-state index contributed by atoms with van der Waals surface area (Å²) in [7, 11) is 5.15. The van der Waals surface area contributed by atoms with Crippen molar-refractivity contribution in [1.29, 1.82) is 0 Å². The average molecular weight is 344 g/mol. The number of benzene rings is 1. The normalized spacial score (nSPS) is 11.3. The number of aromatic nitrogens is 3. The van der Waals surface area contributed by atoms with E-state index in [9.17, 15) is 8.78 Å². The molecular weight excluding hydrogens is 326 g/mol. The fraction of sp³-hybridized carbons (Fsp3) is 0.429. The number of hydrogen-bond acceptors (Lipinski definition) is 5. The first-order chi connectivity index (χ1) is 10.9. The topological polar surface area (TPSA) is 44.5 Å². The second-order valence-corrected chi connectivity index (χ2v) is 5.41. The maximum absolute atomic E-state index is 12.3. The summed E-state index contributed by atoms with van der Waals surface area (Å²) in [5, 5.41) is 4.18. The number of aryl methyl sites for hydroxylation is 1. The lowest BCUT2D eigenvalue weighted by atomic mass is 10.2. The molecule has 2 rings (SSSR count). The number of methoxy groups -OCH3 is 1. The fourth-order valence-corrected chi connectivity index (χ4v) is 2.26. The number of ether oxygens (including phenoxy) is 2. The predicted molar refractivity (Wildman–Crippen MR) is 83.1 cm³/mol. The lowest BCUT2D eigenvalue weighted by Crippen LogP contribution is -2.22. The van der Waals surface area contributed by atoms with E-state index in [1.807, 2.05) is 19.0 Å². The smallest absolute Gasteiger partial charge is 0.387 e. The summed E-state index contributed by atoms with van der Waals surface area (Å²) in [6.07, 6.45) is 1.65. The molecule has 0 aliphatic rings. The van der Waals surface area contributed by atoms with Gasteiger partial charge >= 0.3 is 6.61 Å². The first-order valence-electron chi connectivity index (χ1n) is 6.79. The molecule has 0 bridgehead atoms. The second kappa shape index (κ2) is 7.51. The molecule has 0 saturated carbocycles. The molecule has 0 unspecified atom stereocenters. The highest BCUT2D eigenvalue weighted by molar-refractivity contribution is 7.71. The van der Waals surface area contributed by atoms with Gasteiger partial charge in [-0.15, -0.1) is 0 Å². The van der Waals surface area contributed by atoms with Crippen LogP contribution in [0.25, 0.3) is 0 Å². The van der Waals surface area contributed by atoms with Gasteiger partial charge in [-0.2, -0.15) is 13.9 Å². The third kappa shape index (κ3) is 4.49. The number of alkyl halides is 2. The van der Waals surface area contributed by atoms with Crippen LogP contribution in [0.3, 0.4) is 0 Å². The van der Waals surface area contributed by atoms with E-state index in [0.29, 0.717) is 18.0 Å². The van der Waals surface area contributed by atoms with Crippen molar-refractivity contribution >= 4 is 12.2 Å². The van der Waals surface area contributed by atoms with E-state index < -0.39 is 6.61 Å². The minimum atomic E-state index is -2.89.